The number of hydrogen-bond acceptors (Lipinski definition) is 3. The maximum atomic E-state index is 12.0. The Bertz CT molecular complexity index is 672. The topological polar surface area (TPSA) is 64.2 Å². The van der Waals surface area contributed by atoms with E-state index in [1.807, 2.05) is 42.8 Å². The molecule has 2 heterocycles. The van der Waals surface area contributed by atoms with Crippen LogP contribution in [0.25, 0.3) is 11.3 Å². The Morgan fingerprint density at radius 2 is 2.00 bits per heavy atom. The van der Waals surface area contributed by atoms with E-state index in [1.54, 1.807) is 18.0 Å². The van der Waals surface area contributed by atoms with E-state index in [2.05, 4.69) is 5.10 Å². The second-order valence-electron chi connectivity index (χ2n) is 5.23. The summed E-state index contributed by atoms with van der Waals surface area (Å²) in [5.74, 6) is -0.0165. The molecule has 0 saturated carbocycles. The predicted octanol–water partition coefficient (Wildman–Crippen LogP) is 2.19. The van der Waals surface area contributed by atoms with E-state index in [1.165, 1.54) is 0 Å². The van der Waals surface area contributed by atoms with Gasteiger partial charge in [-0.15, -0.1) is 0 Å². The van der Waals surface area contributed by atoms with Crippen LogP contribution in [0.2, 0.25) is 0 Å². The fraction of sp³-hybridized carbons (Fsp3) is 0.286. The first-order chi connectivity index (χ1) is 8.94. The van der Waals surface area contributed by atoms with E-state index in [-0.39, 0.29) is 5.91 Å². The molecule has 0 unspecified atom stereocenters. The van der Waals surface area contributed by atoms with Crippen LogP contribution >= 0.6 is 0 Å². The molecule has 0 fully saturated rings. The minimum atomic E-state index is -0.576. The number of aromatic nitrogens is 2. The number of anilines is 2. The van der Waals surface area contributed by atoms with Crippen LogP contribution in [0.4, 0.5) is 11.4 Å². The molecule has 2 N–H and O–H groups in total. The zero-order valence-electron chi connectivity index (χ0n) is 11.2. The number of hydrogen-bond donors (Lipinski definition) is 1. The summed E-state index contributed by atoms with van der Waals surface area (Å²) in [6, 6.07) is 7.76. The second kappa shape index (κ2) is 3.60. The van der Waals surface area contributed by atoms with Crippen LogP contribution in [-0.2, 0) is 10.5 Å². The van der Waals surface area contributed by atoms with Crippen LogP contribution in [0, 0.1) is 0 Å². The molecule has 0 bridgehead atoms. The number of amides is 1. The maximum absolute atomic E-state index is 12.0. The van der Waals surface area contributed by atoms with Gasteiger partial charge in [0.05, 0.1) is 23.3 Å². The van der Waals surface area contributed by atoms with E-state index in [0.29, 0.717) is 5.69 Å². The van der Waals surface area contributed by atoms with Gasteiger partial charge < -0.3 is 5.73 Å². The summed E-state index contributed by atoms with van der Waals surface area (Å²) in [4.78, 5) is 13.8. The van der Waals surface area contributed by atoms with Crippen molar-refractivity contribution in [3.63, 3.8) is 0 Å². The van der Waals surface area contributed by atoms with Gasteiger partial charge in [0.2, 0.25) is 5.91 Å². The molecule has 0 aliphatic carbocycles. The van der Waals surface area contributed by atoms with E-state index >= 15 is 0 Å². The largest absolute Gasteiger partial charge is 0.396 e. The molecule has 3 rings (SSSR count). The summed E-state index contributed by atoms with van der Waals surface area (Å²) in [5.41, 5.74) is 8.77. The highest BCUT2D eigenvalue weighted by Gasteiger charge is 2.40. The molecule has 2 aromatic rings. The zero-order chi connectivity index (χ0) is 13.8. The summed E-state index contributed by atoms with van der Waals surface area (Å²) in [6.45, 7) is 5.48. The fourth-order valence-electron chi connectivity index (χ4n) is 2.86. The van der Waals surface area contributed by atoms with Crippen LogP contribution in [-0.4, -0.2) is 15.7 Å². The Balaban J connectivity index is 2.39. The first kappa shape index (κ1) is 11.8. The van der Waals surface area contributed by atoms with E-state index in [0.717, 1.165) is 16.9 Å². The summed E-state index contributed by atoms with van der Waals surface area (Å²) in [5, 5.41) is 4.34. The number of para-hydroxylation sites is 1. The Kier molecular flexibility index (Phi) is 2.23. The Hall–Kier alpha value is -2.30. The number of carbonyl (C=O) groups excluding carboxylic acids is 1. The van der Waals surface area contributed by atoms with Crippen molar-refractivity contribution in [3.05, 3.63) is 30.5 Å². The SMILES string of the molecule is CC(=O)N1c2ccccc2-c2c(N)cnn2C1(C)C. The molecule has 0 atom stereocenters. The van der Waals surface area contributed by atoms with Crippen LogP contribution in [0.15, 0.2) is 30.5 Å². The van der Waals surface area contributed by atoms with Gasteiger partial charge in [0.1, 0.15) is 5.66 Å². The molecule has 0 saturated heterocycles. The number of nitrogens with zero attached hydrogens (tertiary/aromatic N) is 3. The quantitative estimate of drug-likeness (QED) is 0.785. The van der Waals surface area contributed by atoms with Gasteiger partial charge in [-0.2, -0.15) is 5.10 Å². The van der Waals surface area contributed by atoms with Gasteiger partial charge in [-0.05, 0) is 19.9 Å². The van der Waals surface area contributed by atoms with Crippen molar-refractivity contribution in [2.75, 3.05) is 10.6 Å². The standard InChI is InChI=1S/C14H16N4O/c1-9(19)17-12-7-5-4-6-10(12)13-11(15)8-16-18(13)14(17,2)3/h4-8H,15H2,1-3H3. The van der Waals surface area contributed by atoms with Gasteiger partial charge in [0, 0.05) is 12.5 Å². The van der Waals surface area contributed by atoms with Gasteiger partial charge in [-0.25, -0.2) is 4.68 Å². The third-order valence-electron chi connectivity index (χ3n) is 3.58. The monoisotopic (exact) mass is 256 g/mol. The maximum Gasteiger partial charge on any atom is 0.225 e. The van der Waals surface area contributed by atoms with Crippen LogP contribution in [0.1, 0.15) is 20.8 Å². The third kappa shape index (κ3) is 1.41. The number of rotatable bonds is 0. The van der Waals surface area contributed by atoms with Crippen molar-refractivity contribution in [2.45, 2.75) is 26.4 Å². The smallest absolute Gasteiger partial charge is 0.225 e. The van der Waals surface area contributed by atoms with E-state index < -0.39 is 5.66 Å². The minimum absolute atomic E-state index is 0.0165. The molecular weight excluding hydrogens is 240 g/mol. The van der Waals surface area contributed by atoms with Crippen molar-refractivity contribution < 1.29 is 4.79 Å². The molecule has 19 heavy (non-hydrogen) atoms. The average molecular weight is 256 g/mol. The van der Waals surface area contributed by atoms with Crippen LogP contribution < -0.4 is 10.6 Å². The number of fused-ring (bicyclic) bond motifs is 3. The highest BCUT2D eigenvalue weighted by atomic mass is 16.2. The molecule has 5 nitrogen and oxygen atoms in total. The number of carbonyl (C=O) groups is 1. The average Bonchev–Trinajstić information content (AvgIpc) is 2.72. The van der Waals surface area contributed by atoms with E-state index in [9.17, 15) is 4.79 Å². The van der Waals surface area contributed by atoms with Gasteiger partial charge in [0.15, 0.2) is 0 Å². The Labute approximate surface area is 111 Å². The summed E-state index contributed by atoms with van der Waals surface area (Å²) >= 11 is 0. The van der Waals surface area contributed by atoms with Gasteiger partial charge in [-0.1, -0.05) is 18.2 Å². The molecular formula is C14H16N4O. The van der Waals surface area contributed by atoms with Crippen molar-refractivity contribution in [2.24, 2.45) is 0 Å². The third-order valence-corrected chi connectivity index (χ3v) is 3.58. The molecule has 1 aromatic carbocycles. The molecule has 0 radical (unpaired) electrons. The molecule has 1 aliphatic rings. The lowest BCUT2D eigenvalue weighted by Crippen LogP contribution is -2.52. The molecule has 1 amide bonds. The molecule has 98 valence electrons. The molecule has 1 aliphatic heterocycles. The van der Waals surface area contributed by atoms with Crippen molar-refractivity contribution >= 4 is 17.3 Å². The summed E-state index contributed by atoms with van der Waals surface area (Å²) in [7, 11) is 0. The molecule has 1 aromatic heterocycles. The Morgan fingerprint density at radius 3 is 2.68 bits per heavy atom. The second-order valence-corrected chi connectivity index (χ2v) is 5.23. The minimum Gasteiger partial charge on any atom is -0.396 e. The Morgan fingerprint density at radius 1 is 1.32 bits per heavy atom. The number of nitrogens with two attached hydrogens (primary N) is 1. The molecule has 5 heteroatoms. The summed E-state index contributed by atoms with van der Waals surface area (Å²) < 4.78 is 1.81. The van der Waals surface area contributed by atoms with Crippen molar-refractivity contribution in [1.29, 1.82) is 0 Å². The lowest BCUT2D eigenvalue weighted by Gasteiger charge is -2.43. The first-order valence-corrected chi connectivity index (χ1v) is 6.19. The van der Waals surface area contributed by atoms with Gasteiger partial charge in [0.25, 0.3) is 0 Å². The van der Waals surface area contributed by atoms with E-state index in [4.69, 9.17) is 5.73 Å². The van der Waals surface area contributed by atoms with Crippen molar-refractivity contribution in [3.8, 4) is 11.3 Å². The predicted molar refractivity (Wildman–Crippen MR) is 74.6 cm³/mol. The van der Waals surface area contributed by atoms with Crippen LogP contribution in [0.3, 0.4) is 0 Å². The molecule has 0 spiro atoms. The lowest BCUT2D eigenvalue weighted by atomic mass is 9.99. The van der Waals surface area contributed by atoms with Crippen molar-refractivity contribution in [1.82, 2.24) is 9.78 Å². The van der Waals surface area contributed by atoms with Gasteiger partial charge >= 0.3 is 0 Å². The number of benzene rings is 1. The lowest BCUT2D eigenvalue weighted by molar-refractivity contribution is -0.118. The van der Waals surface area contributed by atoms with Crippen LogP contribution in [0.5, 0.6) is 0 Å². The zero-order valence-corrected chi connectivity index (χ0v) is 11.2. The first-order valence-electron chi connectivity index (χ1n) is 6.19. The van der Waals surface area contributed by atoms with Gasteiger partial charge in [-0.3, -0.25) is 9.69 Å². The normalized spacial score (nSPS) is 15.8. The fourth-order valence-corrected chi connectivity index (χ4v) is 2.86. The highest BCUT2D eigenvalue weighted by molar-refractivity contribution is 5.99. The summed E-state index contributed by atoms with van der Waals surface area (Å²) in [6.07, 6.45) is 1.64. The highest BCUT2D eigenvalue weighted by Crippen LogP contribution is 2.44. The number of nitrogen functional groups attached to an aromatic ring is 1.